The van der Waals surface area contributed by atoms with E-state index in [0.29, 0.717) is 0 Å². The van der Waals surface area contributed by atoms with Crippen LogP contribution in [-0.2, 0) is 6.54 Å². The highest BCUT2D eigenvalue weighted by atomic mass is 15.1. The summed E-state index contributed by atoms with van der Waals surface area (Å²) in [6.45, 7) is 5.23. The molecule has 4 nitrogen and oxygen atoms in total. The van der Waals surface area contributed by atoms with Gasteiger partial charge in [0.1, 0.15) is 11.9 Å². The molecule has 0 amide bonds. The summed E-state index contributed by atoms with van der Waals surface area (Å²) in [6, 6.07) is 4.16. The zero-order valence-electron chi connectivity index (χ0n) is 11.2. The fraction of sp³-hybridized carbons (Fsp3) is 0.429. The zero-order valence-corrected chi connectivity index (χ0v) is 11.2. The summed E-state index contributed by atoms with van der Waals surface area (Å²) < 4.78 is 2.19. The fourth-order valence-electron chi connectivity index (χ4n) is 2.14. The van der Waals surface area contributed by atoms with Crippen LogP contribution in [-0.4, -0.2) is 21.6 Å². The van der Waals surface area contributed by atoms with Crippen LogP contribution in [0.5, 0.6) is 0 Å². The van der Waals surface area contributed by atoms with Gasteiger partial charge in [-0.25, -0.2) is 4.98 Å². The summed E-state index contributed by atoms with van der Waals surface area (Å²) in [5.41, 5.74) is 2.23. The average Bonchev–Trinajstić information content (AvgIpc) is 2.79. The Bertz CT molecular complexity index is 504. The van der Waals surface area contributed by atoms with Crippen LogP contribution in [0.3, 0.4) is 0 Å². The van der Waals surface area contributed by atoms with Crippen LogP contribution in [0.15, 0.2) is 30.7 Å². The number of nitrogens with zero attached hydrogens (tertiary/aromatic N) is 3. The van der Waals surface area contributed by atoms with Crippen molar-refractivity contribution in [2.75, 3.05) is 7.05 Å². The van der Waals surface area contributed by atoms with Crippen molar-refractivity contribution in [3.05, 3.63) is 47.8 Å². The van der Waals surface area contributed by atoms with Gasteiger partial charge in [0.25, 0.3) is 0 Å². The van der Waals surface area contributed by atoms with Gasteiger partial charge in [-0.1, -0.05) is 6.92 Å². The van der Waals surface area contributed by atoms with Crippen molar-refractivity contribution >= 4 is 0 Å². The largest absolute Gasteiger partial charge is 0.333 e. The molecule has 0 aliphatic heterocycles. The Kier molecular flexibility index (Phi) is 4.10. The fourth-order valence-corrected chi connectivity index (χ4v) is 2.14. The minimum atomic E-state index is 0.0476. The first-order chi connectivity index (χ1) is 8.76. The van der Waals surface area contributed by atoms with Gasteiger partial charge < -0.3 is 9.88 Å². The van der Waals surface area contributed by atoms with Crippen LogP contribution in [0.4, 0.5) is 0 Å². The van der Waals surface area contributed by atoms with E-state index in [-0.39, 0.29) is 6.04 Å². The molecule has 0 spiro atoms. The third kappa shape index (κ3) is 2.59. The number of aromatic nitrogens is 3. The first-order valence-corrected chi connectivity index (χ1v) is 6.37. The van der Waals surface area contributed by atoms with Crippen LogP contribution in [0.2, 0.25) is 0 Å². The van der Waals surface area contributed by atoms with Crippen LogP contribution in [0, 0.1) is 6.92 Å². The molecule has 96 valence electrons. The lowest BCUT2D eigenvalue weighted by molar-refractivity contribution is 0.559. The van der Waals surface area contributed by atoms with Crippen molar-refractivity contribution in [3.63, 3.8) is 0 Å². The average molecular weight is 244 g/mol. The molecule has 0 radical (unpaired) electrons. The highest BCUT2D eigenvalue weighted by molar-refractivity contribution is 5.22. The molecule has 1 N–H and O–H groups in total. The second kappa shape index (κ2) is 5.78. The van der Waals surface area contributed by atoms with Gasteiger partial charge in [0.2, 0.25) is 0 Å². The normalized spacial score (nSPS) is 12.6. The maximum Gasteiger partial charge on any atom is 0.132 e. The lowest BCUT2D eigenvalue weighted by Crippen LogP contribution is -2.23. The molecule has 0 aliphatic carbocycles. The predicted octanol–water partition coefficient (Wildman–Crippen LogP) is 2.31. The molecular formula is C14H20N4. The van der Waals surface area contributed by atoms with E-state index in [9.17, 15) is 0 Å². The van der Waals surface area contributed by atoms with Gasteiger partial charge in [-0.3, -0.25) is 4.98 Å². The Balaban J connectivity index is 2.36. The lowest BCUT2D eigenvalue weighted by atomic mass is 10.1. The summed E-state index contributed by atoms with van der Waals surface area (Å²) in [5.74, 6) is 1.03. The summed E-state index contributed by atoms with van der Waals surface area (Å²) in [4.78, 5) is 8.92. The molecule has 18 heavy (non-hydrogen) atoms. The summed E-state index contributed by atoms with van der Waals surface area (Å²) in [5, 5.41) is 3.30. The van der Waals surface area contributed by atoms with Gasteiger partial charge in [-0.05, 0) is 38.1 Å². The smallest absolute Gasteiger partial charge is 0.132 e. The van der Waals surface area contributed by atoms with E-state index in [1.807, 2.05) is 31.7 Å². The van der Waals surface area contributed by atoms with Crippen molar-refractivity contribution in [1.82, 2.24) is 19.9 Å². The van der Waals surface area contributed by atoms with Crippen molar-refractivity contribution in [2.45, 2.75) is 32.9 Å². The van der Waals surface area contributed by atoms with Crippen LogP contribution < -0.4 is 5.32 Å². The maximum absolute atomic E-state index is 4.47. The van der Waals surface area contributed by atoms with E-state index in [1.165, 1.54) is 5.56 Å². The van der Waals surface area contributed by atoms with Crippen LogP contribution in [0.25, 0.3) is 0 Å². The Labute approximate surface area is 108 Å². The van der Waals surface area contributed by atoms with Crippen LogP contribution >= 0.6 is 0 Å². The van der Waals surface area contributed by atoms with Crippen molar-refractivity contribution < 1.29 is 0 Å². The summed E-state index contributed by atoms with van der Waals surface area (Å²) in [7, 11) is 1.94. The first-order valence-electron chi connectivity index (χ1n) is 6.37. The first kappa shape index (κ1) is 12.8. The van der Waals surface area contributed by atoms with Crippen LogP contribution in [0.1, 0.15) is 36.5 Å². The molecule has 1 unspecified atom stereocenters. The molecule has 0 aromatic carbocycles. The third-order valence-corrected chi connectivity index (χ3v) is 2.99. The molecule has 2 heterocycles. The Morgan fingerprint density at radius 3 is 2.83 bits per heavy atom. The van der Waals surface area contributed by atoms with Gasteiger partial charge in [0.05, 0.1) is 5.69 Å². The third-order valence-electron chi connectivity index (χ3n) is 2.99. The molecule has 2 aromatic heterocycles. The molecular weight excluding hydrogens is 224 g/mol. The highest BCUT2D eigenvalue weighted by Gasteiger charge is 2.18. The second-order valence-electron chi connectivity index (χ2n) is 4.46. The molecule has 1 atom stereocenters. The zero-order chi connectivity index (χ0) is 13.0. The number of hydrogen-bond acceptors (Lipinski definition) is 3. The minimum Gasteiger partial charge on any atom is -0.333 e. The second-order valence-corrected chi connectivity index (χ2v) is 4.46. The Morgan fingerprint density at radius 1 is 1.33 bits per heavy atom. The van der Waals surface area contributed by atoms with Crippen molar-refractivity contribution in [3.8, 4) is 0 Å². The predicted molar refractivity (Wildman–Crippen MR) is 72.4 cm³/mol. The van der Waals surface area contributed by atoms with E-state index in [2.05, 4.69) is 39.8 Å². The van der Waals surface area contributed by atoms with Gasteiger partial charge in [0.15, 0.2) is 0 Å². The van der Waals surface area contributed by atoms with Gasteiger partial charge >= 0.3 is 0 Å². The lowest BCUT2D eigenvalue weighted by Gasteiger charge is -2.17. The van der Waals surface area contributed by atoms with E-state index in [4.69, 9.17) is 0 Å². The number of nitrogens with one attached hydrogen (secondary N) is 1. The van der Waals surface area contributed by atoms with E-state index < -0.39 is 0 Å². The van der Waals surface area contributed by atoms with E-state index in [1.54, 1.807) is 0 Å². The summed E-state index contributed by atoms with van der Waals surface area (Å²) in [6.07, 6.45) is 6.83. The van der Waals surface area contributed by atoms with Gasteiger partial charge in [-0.2, -0.15) is 0 Å². The molecule has 0 bridgehead atoms. The molecule has 0 saturated carbocycles. The quantitative estimate of drug-likeness (QED) is 0.877. The molecule has 0 aliphatic rings. The number of aryl methyl sites for hydroxylation is 2. The number of rotatable bonds is 5. The minimum absolute atomic E-state index is 0.0476. The molecule has 2 aromatic rings. The monoisotopic (exact) mass is 244 g/mol. The molecule has 0 saturated heterocycles. The van der Waals surface area contributed by atoms with Gasteiger partial charge in [-0.15, -0.1) is 0 Å². The highest BCUT2D eigenvalue weighted by Crippen LogP contribution is 2.19. The topological polar surface area (TPSA) is 42.7 Å². The molecule has 2 rings (SSSR count). The number of hydrogen-bond donors (Lipinski definition) is 1. The molecule has 4 heteroatoms. The standard InChI is InChI=1S/C14H20N4/c1-4-8-18-9-7-17-14(18)13(15-3)12-10-11(2)5-6-16-12/h5-7,9-10,13,15H,4,8H2,1-3H3. The van der Waals surface area contributed by atoms with E-state index in [0.717, 1.165) is 24.5 Å². The number of imidazole rings is 1. The maximum atomic E-state index is 4.47. The SMILES string of the molecule is CCCn1ccnc1C(NC)c1cc(C)ccn1. The Morgan fingerprint density at radius 2 is 2.17 bits per heavy atom. The van der Waals surface area contributed by atoms with E-state index >= 15 is 0 Å². The van der Waals surface area contributed by atoms with Gasteiger partial charge in [0, 0.05) is 25.1 Å². The van der Waals surface area contributed by atoms with Crippen molar-refractivity contribution in [1.29, 1.82) is 0 Å². The number of pyridine rings is 1. The van der Waals surface area contributed by atoms with Crippen molar-refractivity contribution in [2.24, 2.45) is 0 Å². The molecule has 0 fully saturated rings. The summed E-state index contributed by atoms with van der Waals surface area (Å²) >= 11 is 0. The Hall–Kier alpha value is -1.68.